The highest BCUT2D eigenvalue weighted by Gasteiger charge is 1.93. The highest BCUT2D eigenvalue weighted by molar-refractivity contribution is 5.13. The summed E-state index contributed by atoms with van der Waals surface area (Å²) in [6.07, 6.45) is 33.5. The smallest absolute Gasteiger partial charge is 0.0348 e. The number of unbranched alkanes of at least 4 members (excludes halogenated alkanes) is 13. The topological polar surface area (TPSA) is 0 Å². The van der Waals surface area contributed by atoms with Crippen LogP contribution in [-0.4, -0.2) is 0 Å². The molecule has 0 heteroatoms. The Morgan fingerprint density at radius 2 is 0.957 bits per heavy atom. The van der Waals surface area contributed by atoms with E-state index in [1.807, 2.05) is 18.2 Å². The van der Waals surface area contributed by atoms with Crippen LogP contribution in [0, 0.1) is 6.58 Å². The third kappa shape index (κ3) is 21.0. The monoisotopic (exact) mass is 315 g/mol. The van der Waals surface area contributed by atoms with E-state index in [-0.39, 0.29) is 0 Å². The van der Waals surface area contributed by atoms with Gasteiger partial charge in [0.2, 0.25) is 0 Å². The maximum Gasteiger partial charge on any atom is -0.0348 e. The highest BCUT2D eigenvalue weighted by atomic mass is 14.0. The summed E-state index contributed by atoms with van der Waals surface area (Å²) >= 11 is 0. The fraction of sp³-hybridized carbons (Fsp3) is 0.652. The quantitative estimate of drug-likeness (QED) is 0.188. The lowest BCUT2D eigenvalue weighted by molar-refractivity contribution is 0.540. The fourth-order valence-corrected chi connectivity index (χ4v) is 2.71. The van der Waals surface area contributed by atoms with Gasteiger partial charge in [0.1, 0.15) is 0 Å². The zero-order valence-electron chi connectivity index (χ0n) is 15.5. The average Bonchev–Trinajstić information content (AvgIpc) is 2.57. The van der Waals surface area contributed by atoms with Crippen LogP contribution in [0.15, 0.2) is 42.5 Å². The predicted molar refractivity (Wildman–Crippen MR) is 107 cm³/mol. The standard InChI is InChI=1S/C23H39/c1-3-5-7-9-11-13-15-17-19-21-23-22-20-18-16-14-12-10-8-6-4-2/h1,3,5,7,9,11,13,15H,4,6,8,10,12,14,16-23H2,2H3. The van der Waals surface area contributed by atoms with Gasteiger partial charge in [-0.3, -0.25) is 0 Å². The molecule has 23 heavy (non-hydrogen) atoms. The molecule has 0 nitrogen and oxygen atoms in total. The molecule has 0 rings (SSSR count). The first-order valence-corrected chi connectivity index (χ1v) is 9.95. The van der Waals surface area contributed by atoms with Gasteiger partial charge in [0.15, 0.2) is 0 Å². The molecule has 0 aromatic rings. The lowest BCUT2D eigenvalue weighted by Crippen LogP contribution is -1.82. The van der Waals surface area contributed by atoms with E-state index >= 15 is 0 Å². The molecule has 0 amide bonds. The SMILES string of the molecule is [CH]=CC=CC=CC=CCCCCCCCCCCCCCCC. The van der Waals surface area contributed by atoms with E-state index in [2.05, 4.69) is 25.2 Å². The third-order valence-corrected chi connectivity index (χ3v) is 4.17. The summed E-state index contributed by atoms with van der Waals surface area (Å²) in [4.78, 5) is 0. The summed E-state index contributed by atoms with van der Waals surface area (Å²) in [6.45, 7) is 7.53. The second kappa shape index (κ2) is 21.0. The Balaban J connectivity index is 3.13. The van der Waals surface area contributed by atoms with Gasteiger partial charge >= 0.3 is 0 Å². The van der Waals surface area contributed by atoms with Crippen molar-refractivity contribution in [3.8, 4) is 0 Å². The first-order valence-electron chi connectivity index (χ1n) is 9.95. The molecule has 1 radical (unpaired) electrons. The van der Waals surface area contributed by atoms with Crippen LogP contribution in [-0.2, 0) is 0 Å². The molecule has 0 aromatic carbocycles. The minimum absolute atomic E-state index is 1.20. The van der Waals surface area contributed by atoms with Crippen molar-refractivity contribution in [2.24, 2.45) is 0 Å². The summed E-state index contributed by atoms with van der Waals surface area (Å²) < 4.78 is 0. The van der Waals surface area contributed by atoms with Crippen LogP contribution < -0.4 is 0 Å². The Morgan fingerprint density at radius 3 is 1.48 bits per heavy atom. The van der Waals surface area contributed by atoms with E-state index in [4.69, 9.17) is 6.58 Å². The lowest BCUT2D eigenvalue weighted by atomic mass is 10.0. The Hall–Kier alpha value is -1.04. The van der Waals surface area contributed by atoms with Gasteiger partial charge in [-0.15, -0.1) is 0 Å². The molecule has 0 aliphatic carbocycles. The normalized spacial score (nSPS) is 12.0. The Morgan fingerprint density at radius 1 is 0.522 bits per heavy atom. The summed E-state index contributed by atoms with van der Waals surface area (Å²) in [5, 5.41) is 0. The van der Waals surface area contributed by atoms with Crippen molar-refractivity contribution >= 4 is 0 Å². The molecule has 0 saturated heterocycles. The van der Waals surface area contributed by atoms with Crippen LogP contribution in [0.3, 0.4) is 0 Å². The average molecular weight is 316 g/mol. The van der Waals surface area contributed by atoms with E-state index in [1.165, 1.54) is 89.9 Å². The van der Waals surface area contributed by atoms with Crippen molar-refractivity contribution in [3.63, 3.8) is 0 Å². The summed E-state index contributed by atoms with van der Waals surface area (Å²) in [6, 6.07) is 0. The van der Waals surface area contributed by atoms with Gasteiger partial charge in [0, 0.05) is 0 Å². The maximum atomic E-state index is 5.24. The molecular formula is C23H39. The lowest BCUT2D eigenvalue weighted by Gasteiger charge is -2.02. The highest BCUT2D eigenvalue weighted by Crippen LogP contribution is 2.12. The van der Waals surface area contributed by atoms with Crippen LogP contribution in [0.25, 0.3) is 0 Å². The maximum absolute atomic E-state index is 5.24. The molecule has 0 saturated carbocycles. The number of allylic oxidation sites excluding steroid dienone is 7. The summed E-state index contributed by atoms with van der Waals surface area (Å²) in [5.74, 6) is 0. The molecule has 0 atom stereocenters. The molecule has 0 aliphatic heterocycles. The molecule has 0 aliphatic rings. The van der Waals surface area contributed by atoms with E-state index in [1.54, 1.807) is 6.08 Å². The van der Waals surface area contributed by atoms with Crippen molar-refractivity contribution in [1.82, 2.24) is 0 Å². The van der Waals surface area contributed by atoms with Gasteiger partial charge in [-0.05, 0) is 12.8 Å². The van der Waals surface area contributed by atoms with Crippen molar-refractivity contribution in [1.29, 1.82) is 0 Å². The van der Waals surface area contributed by atoms with Gasteiger partial charge in [-0.2, -0.15) is 0 Å². The minimum atomic E-state index is 1.20. The molecule has 0 heterocycles. The fourth-order valence-electron chi connectivity index (χ4n) is 2.71. The number of rotatable bonds is 17. The van der Waals surface area contributed by atoms with E-state index in [0.717, 1.165) is 0 Å². The number of hydrogen-bond acceptors (Lipinski definition) is 0. The molecule has 131 valence electrons. The molecule has 0 bridgehead atoms. The molecule has 0 unspecified atom stereocenters. The predicted octanol–water partition coefficient (Wildman–Crippen LogP) is 8.13. The van der Waals surface area contributed by atoms with Gasteiger partial charge in [-0.1, -0.05) is 133 Å². The first kappa shape index (κ1) is 22.0. The van der Waals surface area contributed by atoms with Gasteiger partial charge in [0.25, 0.3) is 0 Å². The Kier molecular flexibility index (Phi) is 20.0. The minimum Gasteiger partial charge on any atom is -0.0845 e. The third-order valence-electron chi connectivity index (χ3n) is 4.17. The molecule has 0 aromatic heterocycles. The van der Waals surface area contributed by atoms with Gasteiger partial charge < -0.3 is 0 Å². The van der Waals surface area contributed by atoms with E-state index in [0.29, 0.717) is 0 Å². The first-order chi connectivity index (χ1) is 11.4. The summed E-state index contributed by atoms with van der Waals surface area (Å²) in [5.41, 5.74) is 0. The van der Waals surface area contributed by atoms with Crippen LogP contribution in [0.5, 0.6) is 0 Å². The molecule has 0 fully saturated rings. The Labute approximate surface area is 146 Å². The number of hydrogen-bond donors (Lipinski definition) is 0. The second-order valence-electron chi connectivity index (χ2n) is 6.42. The van der Waals surface area contributed by atoms with E-state index < -0.39 is 0 Å². The Bertz CT molecular complexity index is 306. The second-order valence-corrected chi connectivity index (χ2v) is 6.42. The van der Waals surface area contributed by atoms with Gasteiger partial charge in [0.05, 0.1) is 0 Å². The van der Waals surface area contributed by atoms with Gasteiger partial charge in [-0.25, -0.2) is 0 Å². The van der Waals surface area contributed by atoms with Crippen molar-refractivity contribution in [2.45, 2.75) is 96.8 Å². The summed E-state index contributed by atoms with van der Waals surface area (Å²) in [7, 11) is 0. The van der Waals surface area contributed by atoms with Crippen LogP contribution in [0.1, 0.15) is 96.8 Å². The molecule has 0 spiro atoms. The zero-order valence-corrected chi connectivity index (χ0v) is 15.5. The molecule has 0 N–H and O–H groups in total. The zero-order chi connectivity index (χ0) is 16.8. The van der Waals surface area contributed by atoms with Crippen molar-refractivity contribution in [2.75, 3.05) is 0 Å². The largest absolute Gasteiger partial charge is 0.0845 e. The van der Waals surface area contributed by atoms with Crippen LogP contribution in [0.4, 0.5) is 0 Å². The molecular weight excluding hydrogens is 276 g/mol. The van der Waals surface area contributed by atoms with E-state index in [9.17, 15) is 0 Å². The van der Waals surface area contributed by atoms with Crippen LogP contribution >= 0.6 is 0 Å². The van der Waals surface area contributed by atoms with Crippen molar-refractivity contribution < 1.29 is 0 Å². The van der Waals surface area contributed by atoms with Crippen LogP contribution in [0.2, 0.25) is 0 Å². The van der Waals surface area contributed by atoms with Crippen molar-refractivity contribution in [3.05, 3.63) is 49.1 Å².